The smallest absolute Gasteiger partial charge is 0.205 e. The zero-order valence-corrected chi connectivity index (χ0v) is 14.3. The van der Waals surface area contributed by atoms with Crippen LogP contribution in [-0.4, -0.2) is 30.1 Å². The molecule has 122 valence electrons. The molecule has 2 aromatic rings. The third kappa shape index (κ3) is 2.76. The zero-order chi connectivity index (χ0) is 15.8. The summed E-state index contributed by atoms with van der Waals surface area (Å²) in [4.78, 5) is 7.17. The minimum atomic E-state index is 0.278. The van der Waals surface area contributed by atoms with Crippen molar-refractivity contribution in [3.63, 3.8) is 0 Å². The Morgan fingerprint density at radius 1 is 1.17 bits per heavy atom. The van der Waals surface area contributed by atoms with Crippen LogP contribution in [-0.2, 0) is 0 Å². The molecule has 1 saturated carbocycles. The van der Waals surface area contributed by atoms with Gasteiger partial charge in [-0.3, -0.25) is 0 Å². The van der Waals surface area contributed by atoms with Crippen LogP contribution in [0.5, 0.6) is 11.5 Å². The fraction of sp³-hybridized carbons (Fsp3) is 0.529. The summed E-state index contributed by atoms with van der Waals surface area (Å²) in [5, 5.41) is 1.04. The van der Waals surface area contributed by atoms with Gasteiger partial charge in [-0.1, -0.05) is 0 Å². The number of ether oxygens (including phenoxy) is 2. The molecule has 1 aliphatic heterocycles. The molecule has 1 aromatic heterocycles. The number of methoxy groups -OCH3 is 2. The topological polar surface area (TPSA) is 47.5 Å². The maximum absolute atomic E-state index is 5.58. The highest BCUT2D eigenvalue weighted by Gasteiger charge is 2.33. The average molecular weight is 331 g/mol. The molecule has 6 heteroatoms. The van der Waals surface area contributed by atoms with Gasteiger partial charge in [-0.05, 0) is 43.9 Å². The van der Waals surface area contributed by atoms with Gasteiger partial charge in [-0.2, -0.15) is 4.37 Å². The Bertz CT molecular complexity index is 699. The van der Waals surface area contributed by atoms with Gasteiger partial charge < -0.3 is 14.4 Å². The van der Waals surface area contributed by atoms with Crippen molar-refractivity contribution in [3.05, 3.63) is 29.6 Å². The van der Waals surface area contributed by atoms with E-state index in [-0.39, 0.29) is 6.04 Å². The van der Waals surface area contributed by atoms with Crippen molar-refractivity contribution in [1.82, 2.24) is 9.36 Å². The summed E-state index contributed by atoms with van der Waals surface area (Å²) in [5.41, 5.74) is 1.17. The van der Waals surface area contributed by atoms with Gasteiger partial charge in [-0.25, -0.2) is 4.98 Å². The van der Waals surface area contributed by atoms with Crippen LogP contribution in [0.3, 0.4) is 0 Å². The van der Waals surface area contributed by atoms with E-state index >= 15 is 0 Å². The standard InChI is InChI=1S/C17H21N3O2S/c1-21-12-7-8-15(22-2)13(10-12)14-4-3-9-20(14)17-18-16(19-23-17)11-5-6-11/h7-8,10-11,14H,3-6,9H2,1-2H3. The van der Waals surface area contributed by atoms with Gasteiger partial charge in [-0.15, -0.1) is 0 Å². The van der Waals surface area contributed by atoms with Gasteiger partial charge in [0.25, 0.3) is 0 Å². The van der Waals surface area contributed by atoms with Crippen molar-refractivity contribution in [2.24, 2.45) is 0 Å². The molecule has 23 heavy (non-hydrogen) atoms. The van der Waals surface area contributed by atoms with Gasteiger partial charge in [0.15, 0.2) is 0 Å². The number of rotatable bonds is 5. The van der Waals surface area contributed by atoms with E-state index in [9.17, 15) is 0 Å². The van der Waals surface area contributed by atoms with Gasteiger partial charge in [0.1, 0.15) is 17.3 Å². The van der Waals surface area contributed by atoms with Gasteiger partial charge in [0.05, 0.1) is 20.3 Å². The SMILES string of the molecule is COc1ccc(OC)c(C2CCCN2c2nc(C3CC3)ns2)c1. The molecule has 2 aliphatic rings. The quantitative estimate of drug-likeness (QED) is 0.834. The molecule has 0 spiro atoms. The molecule has 0 bridgehead atoms. The summed E-state index contributed by atoms with van der Waals surface area (Å²) in [6.07, 6.45) is 4.73. The monoisotopic (exact) mass is 331 g/mol. The van der Waals surface area contributed by atoms with Crippen molar-refractivity contribution in [3.8, 4) is 11.5 Å². The van der Waals surface area contributed by atoms with Crippen molar-refractivity contribution < 1.29 is 9.47 Å². The maximum atomic E-state index is 5.58. The van der Waals surface area contributed by atoms with E-state index in [1.807, 2.05) is 12.1 Å². The first kappa shape index (κ1) is 14.8. The summed E-state index contributed by atoms with van der Waals surface area (Å²) in [7, 11) is 3.42. The molecule has 1 atom stereocenters. The Balaban J connectivity index is 1.66. The Morgan fingerprint density at radius 2 is 2.04 bits per heavy atom. The molecule has 2 heterocycles. The van der Waals surface area contributed by atoms with Crippen LogP contribution in [0, 0.1) is 0 Å². The first-order valence-electron chi connectivity index (χ1n) is 8.12. The van der Waals surface area contributed by atoms with E-state index in [0.717, 1.165) is 41.8 Å². The van der Waals surface area contributed by atoms with Crippen molar-refractivity contribution in [1.29, 1.82) is 0 Å². The number of benzene rings is 1. The number of nitrogens with zero attached hydrogens (tertiary/aromatic N) is 3. The lowest BCUT2D eigenvalue weighted by atomic mass is 10.0. The molecule has 0 radical (unpaired) electrons. The van der Waals surface area contributed by atoms with Crippen molar-refractivity contribution >= 4 is 16.7 Å². The summed E-state index contributed by atoms with van der Waals surface area (Å²) >= 11 is 1.53. The first-order valence-corrected chi connectivity index (χ1v) is 8.89. The summed E-state index contributed by atoms with van der Waals surface area (Å²) in [6.45, 7) is 1.02. The summed E-state index contributed by atoms with van der Waals surface area (Å²) < 4.78 is 15.5. The average Bonchev–Trinajstić information content (AvgIpc) is 3.13. The second-order valence-electron chi connectivity index (χ2n) is 6.17. The Kier molecular flexibility index (Phi) is 3.85. The summed E-state index contributed by atoms with van der Waals surface area (Å²) in [6, 6.07) is 6.29. The third-order valence-electron chi connectivity index (χ3n) is 4.67. The zero-order valence-electron chi connectivity index (χ0n) is 13.5. The third-order valence-corrected chi connectivity index (χ3v) is 5.44. The van der Waals surface area contributed by atoms with E-state index in [4.69, 9.17) is 14.5 Å². The molecule has 5 nitrogen and oxygen atoms in total. The minimum Gasteiger partial charge on any atom is -0.497 e. The van der Waals surface area contributed by atoms with Gasteiger partial charge in [0.2, 0.25) is 5.13 Å². The van der Waals surface area contributed by atoms with E-state index in [1.54, 1.807) is 14.2 Å². The molecular weight excluding hydrogens is 310 g/mol. The summed E-state index contributed by atoms with van der Waals surface area (Å²) in [5.74, 6) is 3.42. The van der Waals surface area contributed by atoms with Crippen LogP contribution in [0.1, 0.15) is 49.0 Å². The van der Waals surface area contributed by atoms with Gasteiger partial charge in [0, 0.05) is 29.6 Å². The van der Waals surface area contributed by atoms with Crippen LogP contribution in [0.15, 0.2) is 18.2 Å². The van der Waals surface area contributed by atoms with Crippen LogP contribution in [0.25, 0.3) is 0 Å². The van der Waals surface area contributed by atoms with Crippen LogP contribution >= 0.6 is 11.5 Å². The lowest BCUT2D eigenvalue weighted by Crippen LogP contribution is -2.22. The van der Waals surface area contributed by atoms with Crippen LogP contribution in [0.4, 0.5) is 5.13 Å². The number of aromatic nitrogens is 2. The number of hydrogen-bond donors (Lipinski definition) is 0. The Morgan fingerprint density at radius 3 is 2.78 bits per heavy atom. The predicted octanol–water partition coefficient (Wildman–Crippen LogP) is 3.77. The van der Waals surface area contributed by atoms with E-state index in [2.05, 4.69) is 15.3 Å². The maximum Gasteiger partial charge on any atom is 0.205 e. The molecule has 1 saturated heterocycles. The van der Waals surface area contributed by atoms with Crippen LogP contribution in [0.2, 0.25) is 0 Å². The van der Waals surface area contributed by atoms with Gasteiger partial charge >= 0.3 is 0 Å². The lowest BCUT2D eigenvalue weighted by molar-refractivity contribution is 0.395. The molecule has 4 rings (SSSR count). The minimum absolute atomic E-state index is 0.278. The molecule has 1 aliphatic carbocycles. The fourth-order valence-corrected chi connectivity index (χ4v) is 4.09. The molecular formula is C17H21N3O2S. The highest BCUT2D eigenvalue weighted by atomic mass is 32.1. The fourth-order valence-electron chi connectivity index (χ4n) is 3.27. The molecule has 0 amide bonds. The van der Waals surface area contributed by atoms with E-state index in [1.165, 1.54) is 29.9 Å². The van der Waals surface area contributed by atoms with Crippen molar-refractivity contribution in [2.45, 2.75) is 37.6 Å². The van der Waals surface area contributed by atoms with Crippen molar-refractivity contribution in [2.75, 3.05) is 25.7 Å². The Hall–Kier alpha value is -1.82. The number of hydrogen-bond acceptors (Lipinski definition) is 6. The van der Waals surface area contributed by atoms with Crippen LogP contribution < -0.4 is 14.4 Å². The second-order valence-corrected chi connectivity index (χ2v) is 6.90. The van der Waals surface area contributed by atoms with E-state index < -0.39 is 0 Å². The highest BCUT2D eigenvalue weighted by molar-refractivity contribution is 7.09. The predicted molar refractivity (Wildman–Crippen MR) is 90.8 cm³/mol. The largest absolute Gasteiger partial charge is 0.497 e. The molecule has 2 fully saturated rings. The molecule has 1 aromatic carbocycles. The highest BCUT2D eigenvalue weighted by Crippen LogP contribution is 2.44. The number of anilines is 1. The molecule has 0 N–H and O–H groups in total. The lowest BCUT2D eigenvalue weighted by Gasteiger charge is -2.25. The Labute approximate surface area is 140 Å². The first-order chi connectivity index (χ1) is 11.3. The normalized spacial score (nSPS) is 20.8. The van der Waals surface area contributed by atoms with E-state index in [0.29, 0.717) is 5.92 Å². The second kappa shape index (κ2) is 6.00. The molecule has 1 unspecified atom stereocenters.